The van der Waals surface area contributed by atoms with Crippen LogP contribution in [-0.2, 0) is 16.0 Å². The maximum absolute atomic E-state index is 11.3. The smallest absolute Gasteiger partial charge is 0.309 e. The van der Waals surface area contributed by atoms with Crippen molar-refractivity contribution in [2.75, 3.05) is 11.6 Å². The highest BCUT2D eigenvalue weighted by Crippen LogP contribution is 2.29. The highest BCUT2D eigenvalue weighted by molar-refractivity contribution is 5.82. The number of hydrogen-bond donors (Lipinski definition) is 2. The summed E-state index contributed by atoms with van der Waals surface area (Å²) in [6.07, 6.45) is 0.890. The van der Waals surface area contributed by atoms with Gasteiger partial charge in [0.1, 0.15) is 0 Å². The van der Waals surface area contributed by atoms with Crippen LogP contribution in [0.2, 0.25) is 0 Å². The topological polar surface area (TPSA) is 69.6 Å². The van der Waals surface area contributed by atoms with E-state index in [4.69, 9.17) is 0 Å². The van der Waals surface area contributed by atoms with Gasteiger partial charge in [0, 0.05) is 13.0 Å². The third kappa shape index (κ3) is 2.86. The number of anilines is 1. The van der Waals surface area contributed by atoms with Gasteiger partial charge in [-0.1, -0.05) is 18.2 Å². The second-order valence-corrected chi connectivity index (χ2v) is 5.43. The van der Waals surface area contributed by atoms with Crippen LogP contribution in [0.15, 0.2) is 24.3 Å². The summed E-state index contributed by atoms with van der Waals surface area (Å²) >= 11 is 0. The minimum atomic E-state index is -0.833. The molecule has 0 radical (unpaired) electrons. The van der Waals surface area contributed by atoms with Crippen molar-refractivity contribution >= 4 is 17.6 Å². The minimum absolute atomic E-state index is 0.00713. The quantitative estimate of drug-likeness (QED) is 0.864. The third-order valence-corrected chi connectivity index (χ3v) is 3.32. The summed E-state index contributed by atoms with van der Waals surface area (Å²) in [7, 11) is 0. The molecule has 1 fully saturated rings. The first kappa shape index (κ1) is 13.4. The van der Waals surface area contributed by atoms with Crippen LogP contribution in [-0.4, -0.2) is 23.5 Å². The Bertz CT molecular complexity index is 511. The first-order chi connectivity index (χ1) is 8.90. The number of nitrogens with one attached hydrogen (secondary N) is 1. The number of carbonyl (C=O) groups excluding carboxylic acids is 1. The van der Waals surface area contributed by atoms with E-state index in [0.29, 0.717) is 19.4 Å². The van der Waals surface area contributed by atoms with Crippen LogP contribution in [0.1, 0.15) is 25.8 Å². The lowest BCUT2D eigenvalue weighted by Gasteiger charge is -2.25. The molecule has 0 spiro atoms. The van der Waals surface area contributed by atoms with Crippen molar-refractivity contribution in [1.29, 1.82) is 0 Å². The Balaban J connectivity index is 2.26. The molecule has 1 amide bonds. The molecular formula is C14H18N2O3. The molecule has 1 aliphatic rings. The van der Waals surface area contributed by atoms with E-state index < -0.39 is 11.4 Å². The van der Waals surface area contributed by atoms with Crippen molar-refractivity contribution in [3.63, 3.8) is 0 Å². The number of carbonyl (C=O) groups is 2. The van der Waals surface area contributed by atoms with Gasteiger partial charge in [-0.25, -0.2) is 0 Å². The molecule has 0 bridgehead atoms. The predicted molar refractivity (Wildman–Crippen MR) is 71.7 cm³/mol. The Morgan fingerprint density at radius 2 is 2.11 bits per heavy atom. The number of para-hydroxylation sites is 1. The summed E-state index contributed by atoms with van der Waals surface area (Å²) in [5.41, 5.74) is 3.74. The number of carboxylic acids is 1. The minimum Gasteiger partial charge on any atom is -0.481 e. The number of rotatable bonds is 4. The van der Waals surface area contributed by atoms with E-state index >= 15 is 0 Å². The highest BCUT2D eigenvalue weighted by atomic mass is 16.4. The predicted octanol–water partition coefficient (Wildman–Crippen LogP) is 1.58. The number of carboxylic acid groups (broad SMARTS) is 1. The van der Waals surface area contributed by atoms with Crippen LogP contribution >= 0.6 is 0 Å². The van der Waals surface area contributed by atoms with Crippen LogP contribution in [0, 0.1) is 5.41 Å². The van der Waals surface area contributed by atoms with Gasteiger partial charge in [0.15, 0.2) is 0 Å². The van der Waals surface area contributed by atoms with E-state index in [1.807, 2.05) is 24.3 Å². The zero-order chi connectivity index (χ0) is 14.0. The van der Waals surface area contributed by atoms with Crippen molar-refractivity contribution < 1.29 is 14.7 Å². The average Bonchev–Trinajstić information content (AvgIpc) is 2.76. The summed E-state index contributed by atoms with van der Waals surface area (Å²) in [6.45, 7) is 4.02. The van der Waals surface area contributed by atoms with E-state index in [0.717, 1.165) is 11.3 Å². The van der Waals surface area contributed by atoms with E-state index in [1.54, 1.807) is 18.9 Å². The van der Waals surface area contributed by atoms with Gasteiger partial charge in [0.25, 0.3) is 0 Å². The zero-order valence-corrected chi connectivity index (χ0v) is 11.1. The van der Waals surface area contributed by atoms with Crippen LogP contribution in [0.3, 0.4) is 0 Å². The first-order valence-corrected chi connectivity index (χ1v) is 6.28. The van der Waals surface area contributed by atoms with E-state index in [9.17, 15) is 14.7 Å². The summed E-state index contributed by atoms with van der Waals surface area (Å²) in [4.78, 5) is 22.5. The average molecular weight is 262 g/mol. The largest absolute Gasteiger partial charge is 0.481 e. The van der Waals surface area contributed by atoms with Crippen molar-refractivity contribution in [2.24, 2.45) is 5.41 Å². The maximum Gasteiger partial charge on any atom is 0.309 e. The van der Waals surface area contributed by atoms with E-state index in [-0.39, 0.29) is 5.91 Å². The summed E-state index contributed by atoms with van der Waals surface area (Å²) in [5, 5.41) is 11.0. The number of amides is 1. The Kier molecular flexibility index (Phi) is 3.46. The zero-order valence-electron chi connectivity index (χ0n) is 11.1. The molecule has 1 saturated heterocycles. The fourth-order valence-corrected chi connectivity index (χ4v) is 2.13. The summed E-state index contributed by atoms with van der Waals surface area (Å²) in [5.74, 6) is -0.833. The molecule has 19 heavy (non-hydrogen) atoms. The molecular weight excluding hydrogens is 244 g/mol. The Morgan fingerprint density at radius 1 is 1.42 bits per heavy atom. The Morgan fingerprint density at radius 3 is 2.68 bits per heavy atom. The van der Waals surface area contributed by atoms with Gasteiger partial charge >= 0.3 is 5.97 Å². The Hall–Kier alpha value is -2.04. The Labute approximate surface area is 112 Å². The van der Waals surface area contributed by atoms with Gasteiger partial charge in [-0.05, 0) is 31.9 Å². The van der Waals surface area contributed by atoms with Crippen molar-refractivity contribution in [3.05, 3.63) is 29.8 Å². The fraction of sp³-hybridized carbons (Fsp3) is 0.429. The van der Waals surface area contributed by atoms with Gasteiger partial charge < -0.3 is 5.11 Å². The first-order valence-electron chi connectivity index (χ1n) is 6.28. The number of hydrazine groups is 1. The van der Waals surface area contributed by atoms with Gasteiger partial charge in [-0.2, -0.15) is 0 Å². The third-order valence-electron chi connectivity index (χ3n) is 3.32. The molecule has 102 valence electrons. The summed E-state index contributed by atoms with van der Waals surface area (Å²) in [6, 6.07) is 7.58. The molecule has 2 rings (SSSR count). The number of nitrogens with zero attached hydrogens (tertiary/aromatic N) is 1. The molecule has 0 saturated carbocycles. The molecule has 0 atom stereocenters. The SMILES string of the molecule is CC(C)(Cc1ccccc1N1CCC(=O)N1)C(=O)O. The fourth-order valence-electron chi connectivity index (χ4n) is 2.13. The van der Waals surface area contributed by atoms with Gasteiger partial charge in [0.2, 0.25) is 5.91 Å². The summed E-state index contributed by atoms with van der Waals surface area (Å²) < 4.78 is 0. The number of benzene rings is 1. The highest BCUT2D eigenvalue weighted by Gasteiger charge is 2.30. The molecule has 5 heteroatoms. The molecule has 0 unspecified atom stereocenters. The number of aliphatic carboxylic acids is 1. The van der Waals surface area contributed by atoms with Crippen LogP contribution in [0.5, 0.6) is 0 Å². The van der Waals surface area contributed by atoms with Crippen molar-refractivity contribution in [3.8, 4) is 0 Å². The standard InChI is InChI=1S/C14H18N2O3/c1-14(2,13(18)19)9-10-5-3-4-6-11(10)16-8-7-12(17)15-16/h3-6H,7-9H2,1-2H3,(H,15,17)(H,18,19). The van der Waals surface area contributed by atoms with Crippen LogP contribution in [0.4, 0.5) is 5.69 Å². The number of hydrogen-bond acceptors (Lipinski definition) is 3. The normalized spacial score (nSPS) is 15.5. The van der Waals surface area contributed by atoms with E-state index in [1.165, 1.54) is 0 Å². The molecule has 0 aliphatic carbocycles. The molecule has 1 aliphatic heterocycles. The lowest BCUT2D eigenvalue weighted by Crippen LogP contribution is -2.34. The monoisotopic (exact) mass is 262 g/mol. The van der Waals surface area contributed by atoms with Gasteiger partial charge in [0.05, 0.1) is 11.1 Å². The van der Waals surface area contributed by atoms with Gasteiger partial charge in [-0.15, -0.1) is 0 Å². The van der Waals surface area contributed by atoms with Crippen molar-refractivity contribution in [1.82, 2.24) is 5.43 Å². The molecule has 1 heterocycles. The van der Waals surface area contributed by atoms with Crippen LogP contribution < -0.4 is 10.4 Å². The lowest BCUT2D eigenvalue weighted by atomic mass is 9.85. The van der Waals surface area contributed by atoms with Crippen LogP contribution in [0.25, 0.3) is 0 Å². The molecule has 0 aromatic heterocycles. The molecule has 1 aromatic carbocycles. The van der Waals surface area contributed by atoms with Gasteiger partial charge in [-0.3, -0.25) is 20.0 Å². The lowest BCUT2D eigenvalue weighted by molar-refractivity contribution is -0.146. The molecule has 5 nitrogen and oxygen atoms in total. The second kappa shape index (κ2) is 4.91. The molecule has 1 aromatic rings. The van der Waals surface area contributed by atoms with E-state index in [2.05, 4.69) is 5.43 Å². The van der Waals surface area contributed by atoms with Crippen molar-refractivity contribution in [2.45, 2.75) is 26.7 Å². The second-order valence-electron chi connectivity index (χ2n) is 5.43. The maximum atomic E-state index is 11.3. The molecule has 2 N–H and O–H groups in total.